The number of carbonyl (C=O) groups is 1. The molecular formula is C24H23N3OS. The molecule has 0 fully saturated rings. The molecule has 0 aliphatic rings. The number of pyridine rings is 1. The number of anilines is 1. The Balaban J connectivity index is 1.54. The lowest BCUT2D eigenvalue weighted by Gasteiger charge is -2.19. The number of carbonyl (C=O) groups excluding carboxylic acids is 1. The summed E-state index contributed by atoms with van der Waals surface area (Å²) in [6, 6.07) is 17.6. The largest absolute Gasteiger partial charge is 0.322 e. The Morgan fingerprint density at radius 1 is 1.03 bits per heavy atom. The predicted molar refractivity (Wildman–Crippen MR) is 121 cm³/mol. The second kappa shape index (κ2) is 7.41. The van der Waals surface area contributed by atoms with Crippen molar-refractivity contribution in [3.8, 4) is 10.6 Å². The van der Waals surface area contributed by atoms with Crippen LogP contribution in [0.4, 0.5) is 5.69 Å². The van der Waals surface area contributed by atoms with Crippen molar-refractivity contribution < 1.29 is 4.79 Å². The zero-order valence-corrected chi connectivity index (χ0v) is 17.8. The number of fused-ring (bicyclic) bond motifs is 1. The maximum atomic E-state index is 12.7. The van der Waals surface area contributed by atoms with Crippen LogP contribution in [-0.2, 0) is 5.41 Å². The molecule has 2 heterocycles. The monoisotopic (exact) mass is 401 g/mol. The number of nitrogens with zero attached hydrogens (tertiary/aromatic N) is 2. The molecule has 0 saturated carbocycles. The Hall–Kier alpha value is -3.05. The SMILES string of the molecule is Cc1cc(-c2nc3cccnc3s2)ccc1NC(=O)c1ccc(C(C)(C)C)cc1. The number of thiazole rings is 1. The normalized spacial score (nSPS) is 11.6. The van der Waals surface area contributed by atoms with E-state index in [-0.39, 0.29) is 11.3 Å². The molecule has 0 spiro atoms. The van der Waals surface area contributed by atoms with Gasteiger partial charge in [-0.1, -0.05) is 44.2 Å². The fraction of sp³-hybridized carbons (Fsp3) is 0.208. The van der Waals surface area contributed by atoms with Gasteiger partial charge in [0, 0.05) is 23.0 Å². The molecule has 0 atom stereocenters. The van der Waals surface area contributed by atoms with E-state index in [1.807, 2.05) is 55.5 Å². The van der Waals surface area contributed by atoms with Crippen LogP contribution in [0.2, 0.25) is 0 Å². The lowest BCUT2D eigenvalue weighted by Crippen LogP contribution is -2.14. The molecule has 0 unspecified atom stereocenters. The Bertz CT molecular complexity index is 1150. The molecule has 0 bridgehead atoms. The van der Waals surface area contributed by atoms with Crippen molar-refractivity contribution in [3.05, 3.63) is 77.5 Å². The summed E-state index contributed by atoms with van der Waals surface area (Å²) in [6.45, 7) is 8.48. The summed E-state index contributed by atoms with van der Waals surface area (Å²) in [5.41, 5.74) is 5.66. The minimum atomic E-state index is -0.106. The number of aryl methyl sites for hydroxylation is 1. The van der Waals surface area contributed by atoms with Gasteiger partial charge in [0.1, 0.15) is 15.4 Å². The zero-order chi connectivity index (χ0) is 20.6. The van der Waals surface area contributed by atoms with Crippen molar-refractivity contribution in [2.45, 2.75) is 33.1 Å². The average molecular weight is 402 g/mol. The standard InChI is InChI=1S/C24H23N3OS/c1-15-14-17(22-27-20-6-5-13-25-23(20)29-22)9-12-19(15)26-21(28)16-7-10-18(11-8-16)24(2,3)4/h5-14H,1-4H3,(H,26,28). The van der Waals surface area contributed by atoms with E-state index in [9.17, 15) is 4.79 Å². The van der Waals surface area contributed by atoms with Crippen LogP contribution in [0.1, 0.15) is 42.3 Å². The highest BCUT2D eigenvalue weighted by Gasteiger charge is 2.15. The first-order chi connectivity index (χ1) is 13.8. The van der Waals surface area contributed by atoms with Gasteiger partial charge in [0.25, 0.3) is 5.91 Å². The van der Waals surface area contributed by atoms with E-state index in [1.54, 1.807) is 17.5 Å². The molecule has 1 N–H and O–H groups in total. The predicted octanol–water partition coefficient (Wildman–Crippen LogP) is 6.22. The minimum Gasteiger partial charge on any atom is -0.322 e. The molecule has 1 amide bonds. The summed E-state index contributed by atoms with van der Waals surface area (Å²) in [5.74, 6) is -0.106. The van der Waals surface area contributed by atoms with E-state index < -0.39 is 0 Å². The van der Waals surface area contributed by atoms with Gasteiger partial charge >= 0.3 is 0 Å². The summed E-state index contributed by atoms with van der Waals surface area (Å²) in [7, 11) is 0. The van der Waals surface area contributed by atoms with Gasteiger partial charge in [-0.3, -0.25) is 4.79 Å². The topological polar surface area (TPSA) is 54.9 Å². The van der Waals surface area contributed by atoms with Crippen LogP contribution in [-0.4, -0.2) is 15.9 Å². The molecule has 29 heavy (non-hydrogen) atoms. The first-order valence-corrected chi connectivity index (χ1v) is 10.4. The highest BCUT2D eigenvalue weighted by Crippen LogP contribution is 2.31. The van der Waals surface area contributed by atoms with Gasteiger partial charge in [-0.05, 0) is 65.9 Å². The smallest absolute Gasteiger partial charge is 0.255 e. The Morgan fingerprint density at radius 2 is 1.79 bits per heavy atom. The molecule has 146 valence electrons. The van der Waals surface area contributed by atoms with Crippen LogP contribution in [0.5, 0.6) is 0 Å². The first kappa shape index (κ1) is 19.3. The third-order valence-corrected chi connectivity index (χ3v) is 5.93. The number of benzene rings is 2. The molecular weight excluding hydrogens is 378 g/mol. The number of nitrogens with one attached hydrogen (secondary N) is 1. The van der Waals surface area contributed by atoms with Crippen LogP contribution < -0.4 is 5.32 Å². The van der Waals surface area contributed by atoms with Crippen LogP contribution >= 0.6 is 11.3 Å². The van der Waals surface area contributed by atoms with E-state index in [0.717, 1.165) is 32.2 Å². The van der Waals surface area contributed by atoms with Gasteiger partial charge < -0.3 is 5.32 Å². The van der Waals surface area contributed by atoms with Gasteiger partial charge in [-0.2, -0.15) is 0 Å². The molecule has 0 saturated heterocycles. The van der Waals surface area contributed by atoms with Crippen molar-refractivity contribution in [2.75, 3.05) is 5.32 Å². The molecule has 0 aliphatic heterocycles. The first-order valence-electron chi connectivity index (χ1n) is 9.56. The second-order valence-corrected chi connectivity index (χ2v) is 9.14. The van der Waals surface area contributed by atoms with Crippen molar-refractivity contribution in [1.29, 1.82) is 0 Å². The third kappa shape index (κ3) is 4.05. The van der Waals surface area contributed by atoms with Crippen LogP contribution in [0.15, 0.2) is 60.8 Å². The highest BCUT2D eigenvalue weighted by molar-refractivity contribution is 7.21. The molecule has 4 rings (SSSR count). The van der Waals surface area contributed by atoms with E-state index in [4.69, 9.17) is 0 Å². The lowest BCUT2D eigenvalue weighted by atomic mass is 9.86. The molecule has 0 aliphatic carbocycles. The molecule has 0 radical (unpaired) electrons. The summed E-state index contributed by atoms with van der Waals surface area (Å²) in [4.78, 5) is 22.6. The summed E-state index contributed by atoms with van der Waals surface area (Å²) in [6.07, 6.45) is 1.78. The van der Waals surface area contributed by atoms with Gasteiger partial charge in [0.15, 0.2) is 0 Å². The maximum Gasteiger partial charge on any atom is 0.255 e. The van der Waals surface area contributed by atoms with E-state index in [2.05, 4.69) is 42.1 Å². The van der Waals surface area contributed by atoms with E-state index in [0.29, 0.717) is 5.56 Å². The maximum absolute atomic E-state index is 12.7. The number of aromatic nitrogens is 2. The van der Waals surface area contributed by atoms with Gasteiger partial charge in [-0.25, -0.2) is 9.97 Å². The molecule has 5 heteroatoms. The molecule has 2 aromatic heterocycles. The van der Waals surface area contributed by atoms with Crippen molar-refractivity contribution >= 4 is 33.3 Å². The van der Waals surface area contributed by atoms with Crippen molar-refractivity contribution in [2.24, 2.45) is 0 Å². The quantitative estimate of drug-likeness (QED) is 0.443. The highest BCUT2D eigenvalue weighted by atomic mass is 32.1. The lowest BCUT2D eigenvalue weighted by molar-refractivity contribution is 0.102. The number of hydrogen-bond acceptors (Lipinski definition) is 4. The fourth-order valence-corrected chi connectivity index (χ4v) is 4.05. The minimum absolute atomic E-state index is 0.0670. The Kier molecular flexibility index (Phi) is 4.92. The van der Waals surface area contributed by atoms with E-state index in [1.165, 1.54) is 5.56 Å². The molecule has 2 aromatic carbocycles. The van der Waals surface area contributed by atoms with Gasteiger partial charge in [0.2, 0.25) is 0 Å². The van der Waals surface area contributed by atoms with Crippen LogP contribution in [0.3, 0.4) is 0 Å². The van der Waals surface area contributed by atoms with Crippen molar-refractivity contribution in [1.82, 2.24) is 9.97 Å². The average Bonchev–Trinajstić information content (AvgIpc) is 3.13. The Labute approximate surface area is 174 Å². The number of hydrogen-bond donors (Lipinski definition) is 1. The number of amides is 1. The summed E-state index contributed by atoms with van der Waals surface area (Å²) >= 11 is 1.57. The van der Waals surface area contributed by atoms with Crippen molar-refractivity contribution in [3.63, 3.8) is 0 Å². The number of rotatable bonds is 3. The zero-order valence-electron chi connectivity index (χ0n) is 17.0. The summed E-state index contributed by atoms with van der Waals surface area (Å²) < 4.78 is 0. The fourth-order valence-electron chi connectivity index (χ4n) is 3.15. The van der Waals surface area contributed by atoms with Gasteiger partial charge in [0.05, 0.1) is 0 Å². The molecule has 4 nitrogen and oxygen atoms in total. The van der Waals surface area contributed by atoms with Crippen LogP contribution in [0.25, 0.3) is 20.9 Å². The van der Waals surface area contributed by atoms with Gasteiger partial charge in [-0.15, -0.1) is 0 Å². The van der Waals surface area contributed by atoms with E-state index >= 15 is 0 Å². The van der Waals surface area contributed by atoms with Crippen LogP contribution in [0, 0.1) is 6.92 Å². The summed E-state index contributed by atoms with van der Waals surface area (Å²) in [5, 5.41) is 3.95. The Morgan fingerprint density at radius 3 is 2.45 bits per heavy atom. The second-order valence-electron chi connectivity index (χ2n) is 8.16. The third-order valence-electron chi connectivity index (χ3n) is 4.90. The molecule has 4 aromatic rings.